The number of hydrogen-bond donors (Lipinski definition) is 6. The molecule has 7 aromatic rings. The lowest BCUT2D eigenvalue weighted by Crippen LogP contribution is -2.29. The fourth-order valence-electron chi connectivity index (χ4n) is 14.2. The molecular weight excluding hydrogens is 1290 g/mol. The van der Waals surface area contributed by atoms with E-state index in [9.17, 15) is 9.59 Å². The van der Waals surface area contributed by atoms with Gasteiger partial charge in [-0.2, -0.15) is 29.9 Å². The zero-order valence-electron chi connectivity index (χ0n) is 65.9. The fraction of sp³-hybridized carbons (Fsp3) is 0.614. The molecule has 0 aliphatic carbocycles. The Balaban J connectivity index is 0.975. The first-order chi connectivity index (χ1) is 51.1. The molecule has 104 heavy (non-hydrogen) atoms. The molecule has 0 aliphatic heterocycles. The predicted octanol–water partition coefficient (Wildman–Crippen LogP) is 22.5. The lowest BCUT2D eigenvalue weighted by Gasteiger charge is -2.24. The number of aromatic nitrogens is 6. The highest BCUT2D eigenvalue weighted by atomic mass is 16.2. The van der Waals surface area contributed by atoms with Gasteiger partial charge in [0.05, 0.1) is 0 Å². The first kappa shape index (κ1) is 83.7. The van der Waals surface area contributed by atoms with Gasteiger partial charge in [-0.25, -0.2) is 0 Å². The van der Waals surface area contributed by atoms with Crippen LogP contribution in [-0.2, 0) is 0 Å². The highest BCUT2D eigenvalue weighted by molar-refractivity contribution is 6.21. The van der Waals surface area contributed by atoms with Gasteiger partial charge in [-0.3, -0.25) is 9.59 Å². The summed E-state index contributed by atoms with van der Waals surface area (Å²) in [4.78, 5) is 62.6. The van der Waals surface area contributed by atoms with E-state index in [4.69, 9.17) is 29.9 Å². The molecule has 0 fully saturated rings. The topological polar surface area (TPSA) is 190 Å². The summed E-state index contributed by atoms with van der Waals surface area (Å²) in [5.74, 6) is 4.81. The van der Waals surface area contributed by atoms with Crippen molar-refractivity contribution in [3.05, 3.63) is 108 Å². The third kappa shape index (κ3) is 29.0. The van der Waals surface area contributed by atoms with Gasteiger partial charge < -0.3 is 41.7 Å². The number of amides is 2. The Labute approximate surface area is 628 Å². The van der Waals surface area contributed by atoms with E-state index < -0.39 is 0 Å². The lowest BCUT2D eigenvalue weighted by atomic mass is 9.85. The molecule has 5 aromatic carbocycles. The zero-order valence-corrected chi connectivity index (χ0v) is 65.9. The number of carbonyl (C=O) groups is 2. The molecule has 0 aliphatic rings. The number of nitrogens with one attached hydrogen (secondary N) is 6. The summed E-state index contributed by atoms with van der Waals surface area (Å²) in [5, 5.41) is 25.1. The van der Waals surface area contributed by atoms with Crippen LogP contribution in [0.4, 0.5) is 35.7 Å². The third-order valence-electron chi connectivity index (χ3n) is 20.8. The standard InChI is InChI=1S/C88H136N14O2/c1-9-17-23-27-31-39-63-101(64-40-32-28-24-18-10-2)87-97-83(95-85(99-87)93-67-69(15-7)45-21-13-5)91-61-43-59-89-81(103)73-55-51-71(52-56-73)79-75-47-35-37-49-77(75)80(78-50-38-36-48-76(78)79)72-53-57-74(58-54-72)82(104)90-60-44-62-92-84-96-86(94-68-70(16-8)46-22-14-6)100-88(98-84)102(65-41-33-29-25-19-11-3)66-42-34-30-26-20-12-4/h35-38,47-58,69-70H,9-34,39-46,59-68H2,1-8H3,(H,89,103)(H,90,104)(H2,91,93,95,97,99)(H2,92,94,96,98,100). The number of anilines is 6. The molecule has 0 spiro atoms. The van der Waals surface area contributed by atoms with Crippen molar-refractivity contribution in [2.24, 2.45) is 11.8 Å². The van der Waals surface area contributed by atoms with Crippen LogP contribution in [0.5, 0.6) is 0 Å². The van der Waals surface area contributed by atoms with Gasteiger partial charge in [-0.05, 0) is 131 Å². The summed E-state index contributed by atoms with van der Waals surface area (Å²) in [5.41, 5.74) is 5.51. The largest absolute Gasteiger partial charge is 0.354 e. The van der Waals surface area contributed by atoms with Crippen molar-refractivity contribution in [3.63, 3.8) is 0 Å². The Bertz CT molecular complexity index is 3170. The second-order valence-electron chi connectivity index (χ2n) is 29.3. The van der Waals surface area contributed by atoms with Crippen molar-refractivity contribution >= 4 is 69.0 Å². The molecule has 0 saturated carbocycles. The average molecular weight is 1420 g/mol. The summed E-state index contributed by atoms with van der Waals surface area (Å²) < 4.78 is 0. The molecule has 0 radical (unpaired) electrons. The summed E-state index contributed by atoms with van der Waals surface area (Å²) in [6.45, 7) is 25.8. The SMILES string of the molecule is CCCCCCCCN(CCCCCCCC)c1nc(NCCCNC(=O)c2ccc(-c3c4ccccc4c(-c4ccc(C(=O)NCCCNc5nc(NCC(CC)CCCC)nc(N(CCCCCCCC)CCCCCCCC)n5)cc4)c4ccccc34)cc2)nc(NCC(CC)CCCC)n1. The van der Waals surface area contributed by atoms with Gasteiger partial charge in [0.1, 0.15) is 0 Å². The monoisotopic (exact) mass is 1420 g/mol. The molecule has 16 heteroatoms. The van der Waals surface area contributed by atoms with Crippen molar-refractivity contribution in [1.82, 2.24) is 40.5 Å². The Morgan fingerprint density at radius 3 is 0.904 bits per heavy atom. The molecule has 570 valence electrons. The van der Waals surface area contributed by atoms with Crippen molar-refractivity contribution in [3.8, 4) is 22.3 Å². The molecule has 2 atom stereocenters. The van der Waals surface area contributed by atoms with E-state index >= 15 is 0 Å². The number of hydrogen-bond acceptors (Lipinski definition) is 14. The first-order valence-corrected chi connectivity index (χ1v) is 41.8. The molecular formula is C88H136N14O2. The number of nitrogens with zero attached hydrogens (tertiary/aromatic N) is 8. The van der Waals surface area contributed by atoms with Gasteiger partial charge in [0, 0.05) is 76.6 Å². The molecule has 2 heterocycles. The Hall–Kier alpha value is -7.62. The van der Waals surface area contributed by atoms with Crippen LogP contribution in [-0.4, -0.2) is 107 Å². The third-order valence-corrected chi connectivity index (χ3v) is 20.8. The van der Waals surface area contributed by atoms with Crippen LogP contribution in [0.15, 0.2) is 97.1 Å². The maximum absolute atomic E-state index is 13.8. The number of benzene rings is 5. The fourth-order valence-corrected chi connectivity index (χ4v) is 14.2. The van der Waals surface area contributed by atoms with Crippen LogP contribution in [0.2, 0.25) is 0 Å². The summed E-state index contributed by atoms with van der Waals surface area (Å²) >= 11 is 0. The minimum atomic E-state index is -0.109. The average Bonchev–Trinajstić information content (AvgIpc) is 0.737. The second-order valence-corrected chi connectivity index (χ2v) is 29.3. The van der Waals surface area contributed by atoms with Gasteiger partial charge in [0.15, 0.2) is 0 Å². The van der Waals surface area contributed by atoms with Gasteiger partial charge in [0.25, 0.3) is 11.8 Å². The quantitative estimate of drug-likeness (QED) is 0.0156. The smallest absolute Gasteiger partial charge is 0.251 e. The van der Waals surface area contributed by atoms with Crippen LogP contribution < -0.4 is 41.7 Å². The number of fused-ring (bicyclic) bond motifs is 2. The van der Waals surface area contributed by atoms with Gasteiger partial charge in [-0.15, -0.1) is 0 Å². The van der Waals surface area contributed by atoms with E-state index in [0.29, 0.717) is 85.8 Å². The highest BCUT2D eigenvalue weighted by Gasteiger charge is 2.21. The van der Waals surface area contributed by atoms with Gasteiger partial charge in [-0.1, -0.05) is 295 Å². The Kier molecular flexibility index (Phi) is 40.2. The van der Waals surface area contributed by atoms with Crippen molar-refractivity contribution in [2.75, 3.05) is 96.5 Å². The highest BCUT2D eigenvalue weighted by Crippen LogP contribution is 2.44. The van der Waals surface area contributed by atoms with Crippen LogP contribution in [0.1, 0.15) is 294 Å². The van der Waals surface area contributed by atoms with E-state index in [1.165, 1.54) is 167 Å². The lowest BCUT2D eigenvalue weighted by molar-refractivity contribution is 0.0945. The minimum Gasteiger partial charge on any atom is -0.354 e. The Morgan fingerprint density at radius 2 is 0.606 bits per heavy atom. The second kappa shape index (κ2) is 50.0. The van der Waals surface area contributed by atoms with Crippen LogP contribution in [0, 0.1) is 11.8 Å². The molecule has 2 unspecified atom stereocenters. The Morgan fingerprint density at radius 1 is 0.317 bits per heavy atom. The van der Waals surface area contributed by atoms with E-state index in [2.05, 4.69) is 170 Å². The van der Waals surface area contributed by atoms with E-state index in [0.717, 1.165) is 133 Å². The minimum absolute atomic E-state index is 0.109. The van der Waals surface area contributed by atoms with Gasteiger partial charge in [0.2, 0.25) is 35.7 Å². The molecule has 2 aromatic heterocycles. The zero-order chi connectivity index (χ0) is 73.6. The normalized spacial score (nSPS) is 12.0. The molecule has 0 bridgehead atoms. The molecule has 16 nitrogen and oxygen atoms in total. The molecule has 7 rings (SSSR count). The number of unbranched alkanes of at least 4 members (excludes halogenated alkanes) is 22. The summed E-state index contributed by atoms with van der Waals surface area (Å²) in [6, 6.07) is 33.2. The first-order valence-electron chi connectivity index (χ1n) is 41.8. The van der Waals surface area contributed by atoms with Crippen LogP contribution in [0.3, 0.4) is 0 Å². The van der Waals surface area contributed by atoms with E-state index in [-0.39, 0.29) is 11.8 Å². The van der Waals surface area contributed by atoms with Crippen molar-refractivity contribution in [2.45, 2.75) is 274 Å². The maximum Gasteiger partial charge on any atom is 0.251 e. The van der Waals surface area contributed by atoms with Gasteiger partial charge >= 0.3 is 0 Å². The number of rotatable bonds is 58. The maximum atomic E-state index is 13.8. The van der Waals surface area contributed by atoms with E-state index in [1.807, 2.05) is 24.3 Å². The van der Waals surface area contributed by atoms with E-state index in [1.54, 1.807) is 0 Å². The van der Waals surface area contributed by atoms with Crippen LogP contribution in [0.25, 0.3) is 43.8 Å². The molecule has 0 saturated heterocycles. The van der Waals surface area contributed by atoms with Crippen molar-refractivity contribution < 1.29 is 9.59 Å². The van der Waals surface area contributed by atoms with Crippen LogP contribution >= 0.6 is 0 Å². The van der Waals surface area contributed by atoms with Crippen molar-refractivity contribution in [1.29, 1.82) is 0 Å². The number of carbonyl (C=O) groups excluding carboxylic acids is 2. The molecule has 6 N–H and O–H groups in total. The summed E-state index contributed by atoms with van der Waals surface area (Å²) in [7, 11) is 0. The predicted molar refractivity (Wildman–Crippen MR) is 444 cm³/mol. The summed E-state index contributed by atoms with van der Waals surface area (Å²) in [6.07, 6.45) is 40.7. The molecule has 2 amide bonds.